The van der Waals surface area contributed by atoms with E-state index >= 15 is 0 Å². The molecule has 0 radical (unpaired) electrons. The molecule has 2 aromatic carbocycles. The van der Waals surface area contributed by atoms with Crippen LogP contribution in [0.5, 0.6) is 5.75 Å². The van der Waals surface area contributed by atoms with Gasteiger partial charge >= 0.3 is 0 Å². The second kappa shape index (κ2) is 5.62. The molecule has 0 saturated heterocycles. The van der Waals surface area contributed by atoms with E-state index in [0.29, 0.717) is 28.0 Å². The molecular formula is C18H14FN3O3. The van der Waals surface area contributed by atoms with Crippen LogP contribution in [0.15, 0.2) is 42.5 Å². The number of carbonyl (C=O) groups excluding carboxylic acids is 2. The second-order valence-corrected chi connectivity index (χ2v) is 5.80. The highest BCUT2D eigenvalue weighted by atomic mass is 19.1. The van der Waals surface area contributed by atoms with Crippen molar-refractivity contribution >= 4 is 34.1 Å². The van der Waals surface area contributed by atoms with Gasteiger partial charge in [0, 0.05) is 16.6 Å². The predicted octanol–water partition coefficient (Wildman–Crippen LogP) is 3.28. The Morgan fingerprint density at radius 1 is 1.24 bits per heavy atom. The minimum absolute atomic E-state index is 0.242. The van der Waals surface area contributed by atoms with Crippen molar-refractivity contribution in [2.24, 2.45) is 0 Å². The van der Waals surface area contributed by atoms with Gasteiger partial charge < -0.3 is 20.4 Å². The summed E-state index contributed by atoms with van der Waals surface area (Å²) in [6.45, 7) is 1.66. The molecule has 4 rings (SSSR count). The van der Waals surface area contributed by atoms with Crippen molar-refractivity contribution in [2.45, 2.75) is 13.0 Å². The fourth-order valence-electron chi connectivity index (χ4n) is 2.73. The Morgan fingerprint density at radius 2 is 2.08 bits per heavy atom. The summed E-state index contributed by atoms with van der Waals surface area (Å²) in [4.78, 5) is 27.0. The molecule has 1 aliphatic heterocycles. The van der Waals surface area contributed by atoms with Crippen LogP contribution >= 0.6 is 0 Å². The normalized spacial score (nSPS) is 16.1. The smallest absolute Gasteiger partial charge is 0.272 e. The number of rotatable bonds is 2. The molecule has 6 nitrogen and oxygen atoms in total. The number of benzene rings is 2. The average molecular weight is 339 g/mol. The Morgan fingerprint density at radius 3 is 2.88 bits per heavy atom. The Kier molecular flexibility index (Phi) is 3.42. The molecule has 2 heterocycles. The van der Waals surface area contributed by atoms with Crippen molar-refractivity contribution in [3.8, 4) is 5.75 Å². The van der Waals surface area contributed by atoms with Gasteiger partial charge in [-0.3, -0.25) is 9.59 Å². The lowest BCUT2D eigenvalue weighted by molar-refractivity contribution is -0.122. The molecule has 1 atom stereocenters. The zero-order valence-corrected chi connectivity index (χ0v) is 13.2. The summed E-state index contributed by atoms with van der Waals surface area (Å²) in [5.74, 6) is -0.512. The summed E-state index contributed by atoms with van der Waals surface area (Å²) in [5, 5.41) is 5.79. The van der Waals surface area contributed by atoms with Crippen molar-refractivity contribution in [3.05, 3.63) is 54.0 Å². The molecule has 0 aliphatic carbocycles. The molecule has 3 aromatic rings. The van der Waals surface area contributed by atoms with Gasteiger partial charge in [-0.1, -0.05) is 6.07 Å². The first-order valence-corrected chi connectivity index (χ1v) is 7.71. The van der Waals surface area contributed by atoms with Crippen molar-refractivity contribution < 1.29 is 18.7 Å². The number of halogens is 1. The first-order chi connectivity index (χ1) is 12.0. The molecule has 0 spiro atoms. The number of amides is 2. The Hall–Kier alpha value is -3.35. The van der Waals surface area contributed by atoms with Crippen LogP contribution in [-0.2, 0) is 4.79 Å². The van der Waals surface area contributed by atoms with Gasteiger partial charge in [-0.15, -0.1) is 0 Å². The number of aromatic nitrogens is 1. The fourth-order valence-corrected chi connectivity index (χ4v) is 2.73. The number of fused-ring (bicyclic) bond motifs is 2. The first-order valence-electron chi connectivity index (χ1n) is 7.71. The van der Waals surface area contributed by atoms with Gasteiger partial charge in [-0.25, -0.2) is 4.39 Å². The lowest BCUT2D eigenvalue weighted by Gasteiger charge is -2.23. The molecule has 1 aromatic heterocycles. The highest BCUT2D eigenvalue weighted by Gasteiger charge is 2.23. The largest absolute Gasteiger partial charge is 0.479 e. The van der Waals surface area contributed by atoms with E-state index in [4.69, 9.17) is 4.74 Å². The number of anilines is 2. The van der Waals surface area contributed by atoms with Gasteiger partial charge in [0.15, 0.2) is 6.10 Å². The molecule has 0 unspecified atom stereocenters. The molecule has 0 fully saturated rings. The molecule has 3 N–H and O–H groups in total. The first kappa shape index (κ1) is 15.2. The van der Waals surface area contributed by atoms with Crippen LogP contribution < -0.4 is 15.4 Å². The van der Waals surface area contributed by atoms with Crippen molar-refractivity contribution in [2.75, 3.05) is 10.6 Å². The van der Waals surface area contributed by atoms with Crippen molar-refractivity contribution in [1.82, 2.24) is 4.98 Å². The minimum Gasteiger partial charge on any atom is -0.479 e. The van der Waals surface area contributed by atoms with Crippen LogP contribution in [0.2, 0.25) is 0 Å². The van der Waals surface area contributed by atoms with E-state index in [9.17, 15) is 14.0 Å². The van der Waals surface area contributed by atoms with Crippen molar-refractivity contribution in [3.63, 3.8) is 0 Å². The molecule has 126 valence electrons. The maximum Gasteiger partial charge on any atom is 0.272 e. The molecule has 7 heteroatoms. The Bertz CT molecular complexity index is 1010. The van der Waals surface area contributed by atoms with Crippen LogP contribution in [0.25, 0.3) is 10.9 Å². The summed E-state index contributed by atoms with van der Waals surface area (Å²) in [7, 11) is 0. The summed E-state index contributed by atoms with van der Waals surface area (Å²) < 4.78 is 19.2. The lowest BCUT2D eigenvalue weighted by Crippen LogP contribution is -2.34. The minimum atomic E-state index is -0.561. The van der Waals surface area contributed by atoms with Gasteiger partial charge in [0.1, 0.15) is 17.3 Å². The van der Waals surface area contributed by atoms with Crippen LogP contribution in [0.4, 0.5) is 15.8 Å². The summed E-state index contributed by atoms with van der Waals surface area (Å²) >= 11 is 0. The quantitative estimate of drug-likeness (QED) is 0.670. The SMILES string of the molecule is C[C@H]1Oc2ccc(NC(=O)c3cc4c(F)cccc4[nH]3)cc2NC1=O. The maximum atomic E-state index is 13.7. The molecular weight excluding hydrogens is 325 g/mol. The van der Waals surface area contributed by atoms with Gasteiger partial charge in [0.2, 0.25) is 0 Å². The van der Waals surface area contributed by atoms with E-state index in [2.05, 4.69) is 15.6 Å². The number of carbonyl (C=O) groups is 2. The third kappa shape index (κ3) is 2.69. The van der Waals surface area contributed by atoms with E-state index in [1.54, 1.807) is 37.3 Å². The number of aromatic amines is 1. The van der Waals surface area contributed by atoms with Crippen LogP contribution in [0.3, 0.4) is 0 Å². The van der Waals surface area contributed by atoms with Gasteiger partial charge in [-0.2, -0.15) is 0 Å². The third-order valence-corrected chi connectivity index (χ3v) is 4.02. The van der Waals surface area contributed by atoms with Gasteiger partial charge in [0.05, 0.1) is 5.69 Å². The van der Waals surface area contributed by atoms with E-state index in [1.807, 2.05) is 0 Å². The lowest BCUT2D eigenvalue weighted by atomic mass is 10.2. The second-order valence-electron chi connectivity index (χ2n) is 5.80. The molecule has 0 saturated carbocycles. The summed E-state index contributed by atoms with van der Waals surface area (Å²) in [5.41, 5.74) is 1.77. The fraction of sp³-hybridized carbons (Fsp3) is 0.111. The predicted molar refractivity (Wildman–Crippen MR) is 91.4 cm³/mol. The molecule has 2 amide bonds. The Balaban J connectivity index is 1.59. The van der Waals surface area contributed by atoms with E-state index in [0.717, 1.165) is 0 Å². The molecule has 0 bridgehead atoms. The summed E-state index contributed by atoms with van der Waals surface area (Å²) in [6, 6.07) is 11.0. The van der Waals surface area contributed by atoms with Crippen LogP contribution in [0.1, 0.15) is 17.4 Å². The zero-order chi connectivity index (χ0) is 17.6. The maximum absolute atomic E-state index is 13.7. The van der Waals surface area contributed by atoms with Gasteiger partial charge in [-0.05, 0) is 43.3 Å². The van der Waals surface area contributed by atoms with Crippen molar-refractivity contribution in [1.29, 1.82) is 0 Å². The van der Waals surface area contributed by atoms with E-state index in [1.165, 1.54) is 12.1 Å². The van der Waals surface area contributed by atoms with E-state index < -0.39 is 17.8 Å². The van der Waals surface area contributed by atoms with Gasteiger partial charge in [0.25, 0.3) is 11.8 Å². The average Bonchev–Trinajstić information content (AvgIpc) is 3.02. The topological polar surface area (TPSA) is 83.2 Å². The monoisotopic (exact) mass is 339 g/mol. The number of ether oxygens (including phenoxy) is 1. The van der Waals surface area contributed by atoms with Crippen LogP contribution in [-0.4, -0.2) is 22.9 Å². The third-order valence-electron chi connectivity index (χ3n) is 4.02. The summed E-state index contributed by atoms with van der Waals surface area (Å²) in [6.07, 6.45) is -0.561. The van der Waals surface area contributed by atoms with Crippen LogP contribution in [0, 0.1) is 5.82 Å². The van der Waals surface area contributed by atoms with E-state index in [-0.39, 0.29) is 11.6 Å². The zero-order valence-electron chi connectivity index (χ0n) is 13.2. The number of H-pyrrole nitrogens is 1. The molecule has 1 aliphatic rings. The standard InChI is InChI=1S/C18H14FN3O3/c1-9-17(23)22-14-7-10(5-6-16(14)25-9)20-18(24)15-8-11-12(19)3-2-4-13(11)21-15/h2-9,21H,1H3,(H,20,24)(H,22,23)/t9-/m1/s1. The Labute approximate surface area is 142 Å². The highest BCUT2D eigenvalue weighted by Crippen LogP contribution is 2.32. The number of hydrogen-bond acceptors (Lipinski definition) is 3. The number of hydrogen-bond donors (Lipinski definition) is 3. The number of nitrogens with one attached hydrogen (secondary N) is 3. The highest BCUT2D eigenvalue weighted by molar-refractivity contribution is 6.06. The molecule has 25 heavy (non-hydrogen) atoms.